The van der Waals surface area contributed by atoms with E-state index in [0.717, 1.165) is 24.3 Å². The fraction of sp³-hybridized carbons (Fsp3) is 0.308. The van der Waals surface area contributed by atoms with Crippen molar-refractivity contribution in [3.05, 3.63) is 58.7 Å². The number of Topliss-reactive ketones (excluding diaryl/α,β-unsaturated/α-hetero) is 6. The normalized spacial score (nSPS) is 18.8. The van der Waals surface area contributed by atoms with Gasteiger partial charge in [-0.15, -0.1) is 0 Å². The quantitative estimate of drug-likeness (QED) is 0.418. The van der Waals surface area contributed by atoms with Gasteiger partial charge in [0.05, 0.1) is 23.0 Å². The maximum atomic E-state index is 13.4. The van der Waals surface area contributed by atoms with E-state index in [1.165, 1.54) is 26.4 Å². The zero-order valence-corrected chi connectivity index (χ0v) is 20.8. The Balaban J connectivity index is 1.66. The van der Waals surface area contributed by atoms with E-state index in [1.807, 2.05) is 0 Å². The monoisotopic (exact) mass is 526 g/mol. The molecule has 2 aromatic carbocycles. The Bertz CT molecular complexity index is 1380. The van der Waals surface area contributed by atoms with Gasteiger partial charge in [0.1, 0.15) is 11.8 Å². The predicted octanol–water partition coefficient (Wildman–Crippen LogP) is 1.72. The average Bonchev–Trinajstić information content (AvgIpc) is 3.29. The van der Waals surface area contributed by atoms with Crippen LogP contribution in [0.1, 0.15) is 54.3 Å². The summed E-state index contributed by atoms with van der Waals surface area (Å²) in [5, 5.41) is 0. The molecule has 0 bridgehead atoms. The van der Waals surface area contributed by atoms with Crippen LogP contribution >= 0.6 is 0 Å². The summed E-state index contributed by atoms with van der Waals surface area (Å²) in [5.41, 5.74) is -0.463. The second-order valence-corrected chi connectivity index (χ2v) is 10.6. The number of benzene rings is 2. The number of ketones is 6. The molecule has 0 saturated carbocycles. The minimum Gasteiger partial charge on any atom is -0.384 e. The zero-order valence-electron chi connectivity index (χ0n) is 19.9. The molecular weight excluding hydrogens is 504 g/mol. The van der Waals surface area contributed by atoms with E-state index in [-0.39, 0.29) is 58.1 Å². The first-order valence-corrected chi connectivity index (χ1v) is 12.8. The summed E-state index contributed by atoms with van der Waals surface area (Å²) in [7, 11) is -1.56. The van der Waals surface area contributed by atoms with Crippen LogP contribution in [0.4, 0.5) is 0 Å². The van der Waals surface area contributed by atoms with Crippen LogP contribution in [0.15, 0.2) is 46.2 Å². The molecule has 0 spiro atoms. The number of methoxy groups -OCH3 is 2. The first-order chi connectivity index (χ1) is 17.5. The standard InChI is InChI=1S/C26H22O10S/c1-35-9-7-19(27)21-23(29)15-5-3-13(11-17(15)25(21)31)37(33,34)14-4-6-16-18(12-14)26(32)22(24(16)30)20(28)8-10-36-2/h3-6,11-12,21-22H,7-10H2,1-2H3. The van der Waals surface area contributed by atoms with Crippen molar-refractivity contribution >= 4 is 44.5 Å². The van der Waals surface area contributed by atoms with Crippen molar-refractivity contribution in [2.75, 3.05) is 27.4 Å². The molecule has 0 heterocycles. The van der Waals surface area contributed by atoms with Gasteiger partial charge < -0.3 is 9.47 Å². The summed E-state index contributed by atoms with van der Waals surface area (Å²) in [6.45, 7) is 0.0640. The van der Waals surface area contributed by atoms with Gasteiger partial charge in [0.15, 0.2) is 34.7 Å². The predicted molar refractivity (Wildman–Crippen MR) is 126 cm³/mol. The van der Waals surface area contributed by atoms with Crippen molar-refractivity contribution in [2.45, 2.75) is 22.6 Å². The number of sulfone groups is 1. The number of carbonyl (C=O) groups excluding carboxylic acids is 6. The lowest BCUT2D eigenvalue weighted by Gasteiger charge is -2.08. The highest BCUT2D eigenvalue weighted by Gasteiger charge is 2.45. The lowest BCUT2D eigenvalue weighted by molar-refractivity contribution is -0.122. The van der Waals surface area contributed by atoms with E-state index in [0.29, 0.717) is 0 Å². The Labute approximate surface area is 211 Å². The number of hydrogen-bond donors (Lipinski definition) is 0. The Morgan fingerprint density at radius 3 is 1.35 bits per heavy atom. The van der Waals surface area contributed by atoms with Crippen LogP contribution in [0.25, 0.3) is 0 Å². The molecule has 2 aliphatic rings. The van der Waals surface area contributed by atoms with E-state index in [2.05, 4.69) is 0 Å². The van der Waals surface area contributed by atoms with Crippen molar-refractivity contribution < 1.29 is 46.7 Å². The van der Waals surface area contributed by atoms with E-state index >= 15 is 0 Å². The Kier molecular flexibility index (Phi) is 7.13. The van der Waals surface area contributed by atoms with Gasteiger partial charge in [0.25, 0.3) is 0 Å². The number of ether oxygens (including phenoxy) is 2. The highest BCUT2D eigenvalue weighted by molar-refractivity contribution is 7.91. The van der Waals surface area contributed by atoms with Crippen LogP contribution in [0.3, 0.4) is 0 Å². The van der Waals surface area contributed by atoms with Gasteiger partial charge in [-0.3, -0.25) is 28.8 Å². The molecule has 0 amide bonds. The van der Waals surface area contributed by atoms with Gasteiger partial charge in [0, 0.05) is 49.3 Å². The van der Waals surface area contributed by atoms with Gasteiger partial charge in [-0.2, -0.15) is 0 Å². The second-order valence-electron chi connectivity index (χ2n) is 8.66. The molecule has 37 heavy (non-hydrogen) atoms. The molecule has 0 fully saturated rings. The highest BCUT2D eigenvalue weighted by Crippen LogP contribution is 2.34. The molecule has 2 atom stereocenters. The third-order valence-electron chi connectivity index (χ3n) is 6.46. The first-order valence-electron chi connectivity index (χ1n) is 11.3. The van der Waals surface area contributed by atoms with Gasteiger partial charge in [-0.1, -0.05) is 0 Å². The summed E-state index contributed by atoms with van der Waals surface area (Å²) >= 11 is 0. The van der Waals surface area contributed by atoms with Crippen molar-refractivity contribution in [2.24, 2.45) is 11.8 Å². The first kappa shape index (κ1) is 26.4. The second kappa shape index (κ2) is 10.0. The van der Waals surface area contributed by atoms with E-state index in [4.69, 9.17) is 9.47 Å². The van der Waals surface area contributed by atoms with Crippen molar-refractivity contribution in [1.82, 2.24) is 0 Å². The summed E-state index contributed by atoms with van der Waals surface area (Å²) in [6.07, 6.45) is -0.288. The Morgan fingerprint density at radius 1 is 0.649 bits per heavy atom. The van der Waals surface area contributed by atoms with Crippen molar-refractivity contribution in [3.63, 3.8) is 0 Å². The molecule has 11 heteroatoms. The molecule has 0 aliphatic heterocycles. The SMILES string of the molecule is COCCC(=O)C1C(=O)c2ccc(S(=O)(=O)c3ccc4c(c3)C(=O)C(C(=O)CCOC)C4=O)cc2C1=O. The molecule has 192 valence electrons. The van der Waals surface area contributed by atoms with Crippen LogP contribution in [0, 0.1) is 11.8 Å². The van der Waals surface area contributed by atoms with E-state index in [1.54, 1.807) is 0 Å². The zero-order chi connectivity index (χ0) is 27.1. The maximum absolute atomic E-state index is 13.4. The summed E-state index contributed by atoms with van der Waals surface area (Å²) < 4.78 is 36.4. The number of fused-ring (bicyclic) bond motifs is 2. The molecule has 2 unspecified atom stereocenters. The minimum absolute atomic E-state index is 0.0320. The molecule has 0 radical (unpaired) electrons. The van der Waals surface area contributed by atoms with Crippen LogP contribution < -0.4 is 0 Å². The van der Waals surface area contributed by atoms with Crippen LogP contribution in [0.2, 0.25) is 0 Å². The Hall–Kier alpha value is -3.67. The minimum atomic E-state index is -4.30. The molecule has 0 aromatic heterocycles. The highest BCUT2D eigenvalue weighted by atomic mass is 32.2. The number of hydrogen-bond acceptors (Lipinski definition) is 10. The number of carbonyl (C=O) groups is 6. The summed E-state index contributed by atoms with van der Waals surface area (Å²) in [6, 6.07) is 6.70. The lowest BCUT2D eigenvalue weighted by atomic mass is 9.97. The fourth-order valence-corrected chi connectivity index (χ4v) is 5.81. The Morgan fingerprint density at radius 2 is 1.00 bits per heavy atom. The molecule has 0 N–H and O–H groups in total. The molecule has 2 aromatic rings. The number of rotatable bonds is 10. The molecule has 10 nitrogen and oxygen atoms in total. The van der Waals surface area contributed by atoms with E-state index < -0.39 is 56.4 Å². The average molecular weight is 527 g/mol. The van der Waals surface area contributed by atoms with Crippen molar-refractivity contribution in [3.8, 4) is 0 Å². The molecular formula is C26H22O10S. The summed E-state index contributed by atoms with van der Waals surface area (Å²) in [5.74, 6) is -7.29. The maximum Gasteiger partial charge on any atom is 0.206 e. The molecule has 4 rings (SSSR count). The van der Waals surface area contributed by atoms with Crippen LogP contribution in [0.5, 0.6) is 0 Å². The van der Waals surface area contributed by atoms with E-state index in [9.17, 15) is 37.2 Å². The third-order valence-corrected chi connectivity index (χ3v) is 8.21. The van der Waals surface area contributed by atoms with Gasteiger partial charge >= 0.3 is 0 Å². The fourth-order valence-electron chi connectivity index (χ4n) is 4.49. The van der Waals surface area contributed by atoms with Gasteiger partial charge in [-0.05, 0) is 36.4 Å². The van der Waals surface area contributed by atoms with Gasteiger partial charge in [-0.25, -0.2) is 8.42 Å². The third kappa shape index (κ3) is 4.39. The smallest absolute Gasteiger partial charge is 0.206 e. The topological polar surface area (TPSA) is 155 Å². The van der Waals surface area contributed by atoms with Crippen LogP contribution in [-0.2, 0) is 28.9 Å². The lowest BCUT2D eigenvalue weighted by Crippen LogP contribution is -2.26. The van der Waals surface area contributed by atoms with Crippen LogP contribution in [-0.4, -0.2) is 70.6 Å². The summed E-state index contributed by atoms with van der Waals surface area (Å²) in [4.78, 5) is 75.0. The van der Waals surface area contributed by atoms with Crippen molar-refractivity contribution in [1.29, 1.82) is 0 Å². The largest absolute Gasteiger partial charge is 0.384 e. The van der Waals surface area contributed by atoms with Gasteiger partial charge in [0.2, 0.25) is 9.84 Å². The molecule has 0 saturated heterocycles. The molecule has 2 aliphatic carbocycles.